The Labute approximate surface area is 121 Å². The lowest BCUT2D eigenvalue weighted by Gasteiger charge is -2.26. The van der Waals surface area contributed by atoms with E-state index in [4.69, 9.17) is 4.74 Å². The summed E-state index contributed by atoms with van der Waals surface area (Å²) in [4.78, 5) is 24.8. The smallest absolute Gasteiger partial charge is 0.269 e. The summed E-state index contributed by atoms with van der Waals surface area (Å²) in [6.07, 6.45) is 0.474. The lowest BCUT2D eigenvalue weighted by atomic mass is 10.3. The molecule has 2 rings (SSSR count). The lowest BCUT2D eigenvalue weighted by molar-refractivity contribution is -0.384. The summed E-state index contributed by atoms with van der Waals surface area (Å²) in [5, 5.41) is 10.5. The van der Waals surface area contributed by atoms with Crippen LogP contribution in [0.5, 0.6) is 0 Å². The maximum atomic E-state index is 11.9. The van der Waals surface area contributed by atoms with Crippen LogP contribution in [-0.4, -0.2) is 47.8 Å². The first-order chi connectivity index (χ1) is 9.66. The van der Waals surface area contributed by atoms with Crippen molar-refractivity contribution in [3.63, 3.8) is 0 Å². The van der Waals surface area contributed by atoms with Gasteiger partial charge in [-0.2, -0.15) is 0 Å². The fraction of sp³-hybridized carbons (Fsp3) is 0.462. The third kappa shape index (κ3) is 4.21. The zero-order chi connectivity index (χ0) is 14.4. The Kier molecular flexibility index (Phi) is 5.37. The number of morpholine rings is 1. The minimum Gasteiger partial charge on any atom is -0.378 e. The molecular weight excluding hydrogens is 280 g/mol. The minimum absolute atomic E-state index is 0.0822. The SMILES string of the molecule is O=C(CCSc1ccc([N+](=O)[O-])cc1)N1CCOCC1. The van der Waals surface area contributed by atoms with Crippen LogP contribution >= 0.6 is 11.8 Å². The van der Waals surface area contributed by atoms with Crippen molar-refractivity contribution in [2.24, 2.45) is 0 Å². The molecule has 1 aliphatic rings. The molecule has 108 valence electrons. The van der Waals surface area contributed by atoms with E-state index in [1.807, 2.05) is 4.90 Å². The van der Waals surface area contributed by atoms with E-state index >= 15 is 0 Å². The standard InChI is InChI=1S/C13H16N2O4S/c16-13(14-6-8-19-9-7-14)5-10-20-12-3-1-11(2-4-12)15(17)18/h1-4H,5-10H2. The number of nitro benzene ring substituents is 1. The summed E-state index contributed by atoms with van der Waals surface area (Å²) in [5.74, 6) is 0.816. The Morgan fingerprint density at radius 3 is 2.55 bits per heavy atom. The zero-order valence-electron chi connectivity index (χ0n) is 11.0. The summed E-state index contributed by atoms with van der Waals surface area (Å²) in [6, 6.07) is 6.38. The molecule has 1 aromatic rings. The van der Waals surface area contributed by atoms with Gasteiger partial charge in [-0.25, -0.2) is 0 Å². The van der Waals surface area contributed by atoms with E-state index in [1.54, 1.807) is 12.1 Å². The van der Waals surface area contributed by atoms with Crippen molar-refractivity contribution in [2.45, 2.75) is 11.3 Å². The quantitative estimate of drug-likeness (QED) is 0.471. The van der Waals surface area contributed by atoms with E-state index in [2.05, 4.69) is 0 Å². The molecule has 1 heterocycles. The van der Waals surface area contributed by atoms with E-state index in [1.165, 1.54) is 23.9 Å². The number of ether oxygens (including phenoxy) is 1. The first-order valence-corrected chi connectivity index (χ1v) is 7.38. The van der Waals surface area contributed by atoms with Crippen LogP contribution in [0.4, 0.5) is 5.69 Å². The topological polar surface area (TPSA) is 72.7 Å². The second-order valence-electron chi connectivity index (χ2n) is 4.34. The number of hydrogen-bond donors (Lipinski definition) is 0. The fourth-order valence-electron chi connectivity index (χ4n) is 1.89. The molecule has 0 spiro atoms. The third-order valence-electron chi connectivity index (χ3n) is 3.00. The number of nitro groups is 1. The predicted molar refractivity (Wildman–Crippen MR) is 75.8 cm³/mol. The summed E-state index contributed by atoms with van der Waals surface area (Å²) in [5.41, 5.74) is 0.0822. The van der Waals surface area contributed by atoms with Crippen LogP contribution in [0.15, 0.2) is 29.2 Å². The lowest BCUT2D eigenvalue weighted by Crippen LogP contribution is -2.40. The van der Waals surface area contributed by atoms with E-state index in [0.29, 0.717) is 38.5 Å². The summed E-state index contributed by atoms with van der Waals surface area (Å²) < 4.78 is 5.20. The highest BCUT2D eigenvalue weighted by Gasteiger charge is 2.16. The molecule has 1 saturated heterocycles. The number of rotatable bonds is 5. The molecular formula is C13H16N2O4S. The normalized spacial score (nSPS) is 15.1. The summed E-state index contributed by atoms with van der Waals surface area (Å²) in [6.45, 7) is 2.56. The van der Waals surface area contributed by atoms with Crippen LogP contribution in [0.1, 0.15) is 6.42 Å². The van der Waals surface area contributed by atoms with Gasteiger partial charge in [0.05, 0.1) is 18.1 Å². The van der Waals surface area contributed by atoms with Gasteiger partial charge in [0, 0.05) is 42.3 Å². The Bertz CT molecular complexity index is 472. The van der Waals surface area contributed by atoms with Gasteiger partial charge in [-0.1, -0.05) is 0 Å². The number of non-ortho nitro benzene ring substituents is 1. The van der Waals surface area contributed by atoms with Crippen molar-refractivity contribution < 1.29 is 14.5 Å². The molecule has 0 unspecified atom stereocenters. The van der Waals surface area contributed by atoms with E-state index < -0.39 is 4.92 Å². The number of carbonyl (C=O) groups is 1. The van der Waals surface area contributed by atoms with Gasteiger partial charge in [-0.3, -0.25) is 14.9 Å². The molecule has 1 aromatic carbocycles. The van der Waals surface area contributed by atoms with Crippen molar-refractivity contribution >= 4 is 23.4 Å². The Morgan fingerprint density at radius 2 is 1.95 bits per heavy atom. The number of carbonyl (C=O) groups excluding carboxylic acids is 1. The molecule has 0 aromatic heterocycles. The monoisotopic (exact) mass is 296 g/mol. The van der Waals surface area contributed by atoms with Gasteiger partial charge in [-0.05, 0) is 12.1 Å². The van der Waals surface area contributed by atoms with E-state index in [-0.39, 0.29) is 11.6 Å². The number of nitrogens with zero attached hydrogens (tertiary/aromatic N) is 2. The Morgan fingerprint density at radius 1 is 1.30 bits per heavy atom. The molecule has 1 aliphatic heterocycles. The Hall–Kier alpha value is -1.60. The highest BCUT2D eigenvalue weighted by Crippen LogP contribution is 2.22. The zero-order valence-corrected chi connectivity index (χ0v) is 11.8. The van der Waals surface area contributed by atoms with Gasteiger partial charge in [-0.15, -0.1) is 11.8 Å². The van der Waals surface area contributed by atoms with Crippen LogP contribution in [0, 0.1) is 10.1 Å². The van der Waals surface area contributed by atoms with Gasteiger partial charge in [0.2, 0.25) is 5.91 Å². The van der Waals surface area contributed by atoms with Crippen LogP contribution < -0.4 is 0 Å². The van der Waals surface area contributed by atoms with Crippen molar-refractivity contribution in [1.29, 1.82) is 0 Å². The van der Waals surface area contributed by atoms with Crippen LogP contribution in [0.25, 0.3) is 0 Å². The van der Waals surface area contributed by atoms with Crippen LogP contribution in [-0.2, 0) is 9.53 Å². The van der Waals surface area contributed by atoms with Gasteiger partial charge >= 0.3 is 0 Å². The minimum atomic E-state index is -0.420. The number of amides is 1. The fourth-order valence-corrected chi connectivity index (χ4v) is 2.73. The summed E-state index contributed by atoms with van der Waals surface area (Å²) >= 11 is 1.53. The molecule has 6 nitrogen and oxygen atoms in total. The second-order valence-corrected chi connectivity index (χ2v) is 5.51. The number of benzene rings is 1. The molecule has 1 amide bonds. The van der Waals surface area contributed by atoms with Crippen molar-refractivity contribution in [3.8, 4) is 0 Å². The van der Waals surface area contributed by atoms with Gasteiger partial charge in [0.15, 0.2) is 0 Å². The average molecular weight is 296 g/mol. The predicted octanol–water partition coefficient (Wildman–Crippen LogP) is 1.94. The van der Waals surface area contributed by atoms with Gasteiger partial charge in [0.25, 0.3) is 5.69 Å². The van der Waals surface area contributed by atoms with Crippen LogP contribution in [0.3, 0.4) is 0 Å². The highest BCUT2D eigenvalue weighted by atomic mass is 32.2. The molecule has 20 heavy (non-hydrogen) atoms. The van der Waals surface area contributed by atoms with Crippen molar-refractivity contribution in [2.75, 3.05) is 32.1 Å². The van der Waals surface area contributed by atoms with E-state index in [0.717, 1.165) is 4.90 Å². The molecule has 0 aliphatic carbocycles. The van der Waals surface area contributed by atoms with E-state index in [9.17, 15) is 14.9 Å². The second kappa shape index (κ2) is 7.25. The highest BCUT2D eigenvalue weighted by molar-refractivity contribution is 7.99. The van der Waals surface area contributed by atoms with Gasteiger partial charge in [0.1, 0.15) is 0 Å². The largest absolute Gasteiger partial charge is 0.378 e. The molecule has 0 N–H and O–H groups in total. The Balaban J connectivity index is 1.74. The first kappa shape index (κ1) is 14.8. The molecule has 7 heteroatoms. The van der Waals surface area contributed by atoms with Crippen molar-refractivity contribution in [1.82, 2.24) is 4.90 Å². The number of hydrogen-bond acceptors (Lipinski definition) is 5. The van der Waals surface area contributed by atoms with Gasteiger partial charge < -0.3 is 9.64 Å². The number of thioether (sulfide) groups is 1. The molecule has 0 radical (unpaired) electrons. The molecule has 1 fully saturated rings. The van der Waals surface area contributed by atoms with Crippen molar-refractivity contribution in [3.05, 3.63) is 34.4 Å². The summed E-state index contributed by atoms with van der Waals surface area (Å²) in [7, 11) is 0. The molecule has 0 bridgehead atoms. The molecule has 0 atom stereocenters. The molecule has 0 saturated carbocycles. The third-order valence-corrected chi connectivity index (χ3v) is 4.01. The average Bonchev–Trinajstić information content (AvgIpc) is 2.48. The first-order valence-electron chi connectivity index (χ1n) is 6.39. The van der Waals surface area contributed by atoms with Crippen LogP contribution in [0.2, 0.25) is 0 Å². The maximum absolute atomic E-state index is 11.9. The maximum Gasteiger partial charge on any atom is 0.269 e.